The molecule has 162 valence electrons. The Morgan fingerprint density at radius 2 is 2.06 bits per heavy atom. The van der Waals surface area contributed by atoms with Gasteiger partial charge in [0.2, 0.25) is 5.91 Å². The SMILES string of the molecule is Cc1nc(CSc2ccccc2C(=O)Nc2cnn(CC(=O)NC3CCCC3)c2)cs1. The second-order valence-electron chi connectivity index (χ2n) is 7.57. The Morgan fingerprint density at radius 3 is 2.84 bits per heavy atom. The van der Waals surface area contributed by atoms with Gasteiger partial charge in [-0.1, -0.05) is 25.0 Å². The van der Waals surface area contributed by atoms with E-state index < -0.39 is 0 Å². The molecule has 0 unspecified atom stereocenters. The predicted octanol–water partition coefficient (Wildman–Crippen LogP) is 4.25. The molecule has 7 nitrogen and oxygen atoms in total. The van der Waals surface area contributed by atoms with Crippen LogP contribution in [0, 0.1) is 6.92 Å². The minimum absolute atomic E-state index is 0.0492. The number of hydrogen-bond donors (Lipinski definition) is 2. The summed E-state index contributed by atoms with van der Waals surface area (Å²) in [5, 5.41) is 13.2. The van der Waals surface area contributed by atoms with E-state index in [-0.39, 0.29) is 24.4 Å². The van der Waals surface area contributed by atoms with Crippen molar-refractivity contribution in [1.29, 1.82) is 0 Å². The summed E-state index contributed by atoms with van der Waals surface area (Å²) in [4.78, 5) is 30.4. The van der Waals surface area contributed by atoms with Crippen molar-refractivity contribution in [3.05, 3.63) is 58.3 Å². The van der Waals surface area contributed by atoms with Crippen LogP contribution in [0.25, 0.3) is 0 Å². The molecular formula is C22H25N5O2S2. The Morgan fingerprint density at radius 1 is 1.26 bits per heavy atom. The number of carbonyl (C=O) groups excluding carboxylic acids is 2. The number of rotatable bonds is 8. The van der Waals surface area contributed by atoms with E-state index in [0.717, 1.165) is 28.4 Å². The first-order valence-electron chi connectivity index (χ1n) is 10.3. The van der Waals surface area contributed by atoms with Gasteiger partial charge in [0.05, 0.1) is 28.1 Å². The summed E-state index contributed by atoms with van der Waals surface area (Å²) in [6.45, 7) is 2.13. The first-order chi connectivity index (χ1) is 15.1. The Labute approximate surface area is 189 Å². The second-order valence-corrected chi connectivity index (χ2v) is 9.65. The highest BCUT2D eigenvalue weighted by molar-refractivity contribution is 7.98. The fourth-order valence-electron chi connectivity index (χ4n) is 3.61. The number of benzene rings is 1. The average molecular weight is 456 g/mol. The quantitative estimate of drug-likeness (QED) is 0.496. The van der Waals surface area contributed by atoms with Crippen LogP contribution in [0.5, 0.6) is 0 Å². The molecule has 1 aliphatic carbocycles. The summed E-state index contributed by atoms with van der Waals surface area (Å²) >= 11 is 3.22. The maximum Gasteiger partial charge on any atom is 0.256 e. The molecule has 0 spiro atoms. The number of anilines is 1. The van der Waals surface area contributed by atoms with Gasteiger partial charge in [0, 0.05) is 28.3 Å². The van der Waals surface area contributed by atoms with Gasteiger partial charge in [0.15, 0.2) is 0 Å². The largest absolute Gasteiger partial charge is 0.352 e. The highest BCUT2D eigenvalue weighted by atomic mass is 32.2. The van der Waals surface area contributed by atoms with Crippen molar-refractivity contribution in [3.8, 4) is 0 Å². The van der Waals surface area contributed by atoms with Crippen molar-refractivity contribution >= 4 is 40.6 Å². The van der Waals surface area contributed by atoms with Gasteiger partial charge in [0.1, 0.15) is 6.54 Å². The van der Waals surface area contributed by atoms with Gasteiger partial charge in [0.25, 0.3) is 5.91 Å². The molecule has 3 aromatic rings. The Kier molecular flexibility index (Phi) is 7.03. The molecule has 2 aromatic heterocycles. The lowest BCUT2D eigenvalue weighted by Gasteiger charge is -2.11. The number of thiazole rings is 1. The van der Waals surface area contributed by atoms with Crippen LogP contribution >= 0.6 is 23.1 Å². The first-order valence-corrected chi connectivity index (χ1v) is 12.2. The van der Waals surface area contributed by atoms with Gasteiger partial charge < -0.3 is 10.6 Å². The van der Waals surface area contributed by atoms with Crippen molar-refractivity contribution in [3.63, 3.8) is 0 Å². The molecule has 9 heteroatoms. The lowest BCUT2D eigenvalue weighted by molar-refractivity contribution is -0.122. The van der Waals surface area contributed by atoms with Crippen LogP contribution in [-0.4, -0.2) is 32.6 Å². The average Bonchev–Trinajstić information content (AvgIpc) is 3.50. The van der Waals surface area contributed by atoms with E-state index in [1.165, 1.54) is 12.8 Å². The maximum absolute atomic E-state index is 12.9. The van der Waals surface area contributed by atoms with Crippen LogP contribution in [0.15, 0.2) is 46.9 Å². The Bertz CT molecular complexity index is 1060. The maximum atomic E-state index is 12.9. The van der Waals surface area contributed by atoms with E-state index in [1.807, 2.05) is 36.6 Å². The number of thioether (sulfide) groups is 1. The van der Waals surface area contributed by atoms with Gasteiger partial charge in [-0.25, -0.2) is 4.98 Å². The van der Waals surface area contributed by atoms with Crippen molar-refractivity contribution in [2.75, 3.05) is 5.32 Å². The first kappa shape index (κ1) is 21.6. The van der Waals surface area contributed by atoms with E-state index in [1.54, 1.807) is 40.2 Å². The van der Waals surface area contributed by atoms with Crippen LogP contribution in [0.2, 0.25) is 0 Å². The topological polar surface area (TPSA) is 88.9 Å². The third-order valence-electron chi connectivity index (χ3n) is 5.09. The van der Waals surface area contributed by atoms with Gasteiger partial charge in [-0.15, -0.1) is 23.1 Å². The summed E-state index contributed by atoms with van der Waals surface area (Å²) in [5.41, 5.74) is 2.18. The fraction of sp³-hybridized carbons (Fsp3) is 0.364. The summed E-state index contributed by atoms with van der Waals surface area (Å²) in [6.07, 6.45) is 7.68. The minimum Gasteiger partial charge on any atom is -0.352 e. The second kappa shape index (κ2) is 10.1. The number of aromatic nitrogens is 3. The number of amides is 2. The molecule has 1 aliphatic rings. The third kappa shape index (κ3) is 5.95. The van der Waals surface area contributed by atoms with Gasteiger partial charge in [-0.05, 0) is 31.9 Å². The lowest BCUT2D eigenvalue weighted by Crippen LogP contribution is -2.35. The van der Waals surface area contributed by atoms with Gasteiger partial charge in [-0.3, -0.25) is 14.3 Å². The molecule has 2 heterocycles. The Balaban J connectivity index is 1.34. The van der Waals surface area contributed by atoms with Gasteiger partial charge >= 0.3 is 0 Å². The van der Waals surface area contributed by atoms with Crippen LogP contribution in [0.4, 0.5) is 5.69 Å². The molecule has 0 bridgehead atoms. The van der Waals surface area contributed by atoms with E-state index in [0.29, 0.717) is 17.0 Å². The zero-order valence-corrected chi connectivity index (χ0v) is 19.0. The van der Waals surface area contributed by atoms with Crippen molar-refractivity contribution in [2.24, 2.45) is 0 Å². The molecule has 1 fully saturated rings. The predicted molar refractivity (Wildman–Crippen MR) is 123 cm³/mol. The molecule has 2 N–H and O–H groups in total. The fourth-order valence-corrected chi connectivity index (χ4v) is 5.27. The van der Waals surface area contributed by atoms with E-state index in [2.05, 4.69) is 20.7 Å². The zero-order chi connectivity index (χ0) is 21.6. The van der Waals surface area contributed by atoms with Crippen LogP contribution in [-0.2, 0) is 17.1 Å². The molecule has 0 saturated heterocycles. The van der Waals surface area contributed by atoms with E-state index in [4.69, 9.17) is 0 Å². The van der Waals surface area contributed by atoms with E-state index >= 15 is 0 Å². The van der Waals surface area contributed by atoms with Crippen LogP contribution in [0.1, 0.15) is 46.7 Å². The molecule has 31 heavy (non-hydrogen) atoms. The number of nitrogens with zero attached hydrogens (tertiary/aromatic N) is 3. The number of nitrogens with one attached hydrogen (secondary N) is 2. The molecule has 4 rings (SSSR count). The highest BCUT2D eigenvalue weighted by Gasteiger charge is 2.18. The highest BCUT2D eigenvalue weighted by Crippen LogP contribution is 2.27. The molecule has 0 radical (unpaired) electrons. The minimum atomic E-state index is -0.201. The van der Waals surface area contributed by atoms with Crippen molar-refractivity contribution < 1.29 is 9.59 Å². The standard InChI is InChI=1S/C22H25N5O2S2/c1-15-24-18(13-30-15)14-31-20-9-5-4-8-19(20)22(29)26-17-10-23-27(11-17)12-21(28)25-16-6-2-3-7-16/h4-5,8-11,13,16H,2-3,6-7,12,14H2,1H3,(H,25,28)(H,26,29). The van der Waals surface area contributed by atoms with Crippen molar-refractivity contribution in [2.45, 2.75) is 55.8 Å². The molecule has 0 aliphatic heterocycles. The van der Waals surface area contributed by atoms with Crippen molar-refractivity contribution in [1.82, 2.24) is 20.1 Å². The summed E-state index contributed by atoms with van der Waals surface area (Å²) < 4.78 is 1.55. The lowest BCUT2D eigenvalue weighted by atomic mass is 10.2. The summed E-state index contributed by atoms with van der Waals surface area (Å²) in [7, 11) is 0. The van der Waals surface area contributed by atoms with E-state index in [9.17, 15) is 9.59 Å². The normalized spacial score (nSPS) is 14.0. The zero-order valence-electron chi connectivity index (χ0n) is 17.3. The number of aryl methyl sites for hydroxylation is 1. The monoisotopic (exact) mass is 455 g/mol. The third-order valence-corrected chi connectivity index (χ3v) is 7.02. The number of hydrogen-bond acceptors (Lipinski definition) is 6. The molecule has 1 saturated carbocycles. The Hall–Kier alpha value is -2.65. The molecule has 2 amide bonds. The summed E-state index contributed by atoms with van der Waals surface area (Å²) in [6, 6.07) is 7.80. The van der Waals surface area contributed by atoms with Gasteiger partial charge in [-0.2, -0.15) is 5.10 Å². The smallest absolute Gasteiger partial charge is 0.256 e. The summed E-state index contributed by atoms with van der Waals surface area (Å²) in [5.74, 6) is 0.460. The molecular weight excluding hydrogens is 430 g/mol. The molecule has 1 aromatic carbocycles. The molecule has 0 atom stereocenters. The van der Waals surface area contributed by atoms with Crippen LogP contribution in [0.3, 0.4) is 0 Å². The number of carbonyl (C=O) groups is 2. The van der Waals surface area contributed by atoms with Crippen LogP contribution < -0.4 is 10.6 Å².